The Morgan fingerprint density at radius 3 is 1.68 bits per heavy atom. The van der Waals surface area contributed by atoms with Gasteiger partial charge in [-0.25, -0.2) is 0 Å². The first kappa shape index (κ1) is 10.7. The molecule has 0 saturated heterocycles. The summed E-state index contributed by atoms with van der Waals surface area (Å²) in [5.41, 5.74) is 0. The van der Waals surface area contributed by atoms with Gasteiger partial charge in [-0.3, -0.25) is 0 Å². The molecule has 0 heterocycles. The zero-order chi connectivity index (χ0) is 12.1. The molecule has 104 valence electrons. The lowest BCUT2D eigenvalue weighted by atomic mass is 9.34. The highest BCUT2D eigenvalue weighted by molar-refractivity contribution is 5.23. The summed E-state index contributed by atoms with van der Waals surface area (Å²) in [6.45, 7) is 0. The van der Waals surface area contributed by atoms with E-state index in [0.29, 0.717) is 0 Å². The van der Waals surface area contributed by atoms with Crippen LogP contribution < -0.4 is 0 Å². The minimum Gasteiger partial charge on any atom is -0.0533 e. The van der Waals surface area contributed by atoms with Gasteiger partial charge in [0.05, 0.1) is 0 Å². The first-order valence-electron chi connectivity index (χ1n) is 9.45. The molecule has 0 aliphatic heterocycles. The molecule has 6 saturated carbocycles. The van der Waals surface area contributed by atoms with Crippen LogP contribution in [-0.2, 0) is 0 Å². The molecule has 0 amide bonds. The smallest absolute Gasteiger partial charge is 0.0315 e. The zero-order valence-corrected chi connectivity index (χ0v) is 12.1. The van der Waals surface area contributed by atoms with Crippen LogP contribution in [0.2, 0.25) is 0 Å². The predicted octanol–water partition coefficient (Wildman–Crippen LogP) is 4.74. The summed E-state index contributed by atoms with van der Waals surface area (Å²) < 4.78 is 0. The van der Waals surface area contributed by atoms with Crippen molar-refractivity contribution in [1.29, 1.82) is 0 Å². The average molecular weight is 256 g/mol. The van der Waals surface area contributed by atoms with Crippen molar-refractivity contribution < 1.29 is 0 Å². The molecule has 19 heavy (non-hydrogen) atoms. The van der Waals surface area contributed by atoms with E-state index >= 15 is 0 Å². The Labute approximate surface area is 117 Å². The lowest BCUT2D eigenvalue weighted by Gasteiger charge is -2.70. The number of hydrogen-bond acceptors (Lipinski definition) is 0. The molecule has 0 aromatic heterocycles. The third-order valence-electron chi connectivity index (χ3n) is 9.15. The fraction of sp³-hybridized carbons (Fsp3) is 1.00. The topological polar surface area (TPSA) is 0 Å². The number of hydrogen-bond donors (Lipinski definition) is 0. The quantitative estimate of drug-likeness (QED) is 0.587. The van der Waals surface area contributed by atoms with E-state index in [1.165, 1.54) is 59.2 Å². The second kappa shape index (κ2) is 3.42. The zero-order valence-electron chi connectivity index (χ0n) is 12.1. The molecule has 0 radical (unpaired) electrons. The Morgan fingerprint density at radius 2 is 0.947 bits per heavy atom. The van der Waals surface area contributed by atoms with E-state index in [1.54, 1.807) is 57.8 Å². The van der Waals surface area contributed by atoms with E-state index < -0.39 is 0 Å². The first-order chi connectivity index (χ1) is 9.45. The van der Waals surface area contributed by atoms with Gasteiger partial charge in [0.1, 0.15) is 0 Å². The summed E-state index contributed by atoms with van der Waals surface area (Å²) in [6, 6.07) is 0. The van der Waals surface area contributed by atoms with Crippen molar-refractivity contribution in [3.05, 3.63) is 0 Å². The summed E-state index contributed by atoms with van der Waals surface area (Å²) in [4.78, 5) is 0. The van der Waals surface area contributed by atoms with Crippen LogP contribution in [0.5, 0.6) is 0 Å². The Hall–Kier alpha value is 0. The van der Waals surface area contributed by atoms with Gasteiger partial charge in [-0.05, 0) is 91.3 Å². The summed E-state index contributed by atoms with van der Waals surface area (Å²) in [5, 5.41) is 0. The minimum atomic E-state index is 1.21. The van der Waals surface area contributed by atoms with Gasteiger partial charge in [0.15, 0.2) is 0 Å². The normalized spacial score (nSPS) is 68.2. The van der Waals surface area contributed by atoms with Crippen molar-refractivity contribution in [1.82, 2.24) is 0 Å². The minimum absolute atomic E-state index is 1.21. The molecule has 6 aliphatic rings. The lowest BCUT2D eigenvalue weighted by molar-refractivity contribution is -0.231. The number of fused-ring (bicyclic) bond motifs is 12. The fourth-order valence-electron chi connectivity index (χ4n) is 8.56. The van der Waals surface area contributed by atoms with Crippen molar-refractivity contribution in [2.75, 3.05) is 0 Å². The first-order valence-corrected chi connectivity index (χ1v) is 9.45. The highest BCUT2D eigenvalue weighted by Gasteiger charge is 2.75. The number of rotatable bonds is 0. The van der Waals surface area contributed by atoms with Gasteiger partial charge >= 0.3 is 0 Å². The molecule has 10 unspecified atom stereocenters. The standard InChI is InChI=1S/C19H28/c1-2-4-6-12-11(5-3-1)17-15-9-14-10-7-8-13(10)16(14)19(15)18(12)17/h10-19H,1-9H2. The maximum Gasteiger partial charge on any atom is -0.0315 e. The summed E-state index contributed by atoms with van der Waals surface area (Å²) in [7, 11) is 0. The van der Waals surface area contributed by atoms with E-state index in [1.807, 2.05) is 0 Å². The molecule has 0 nitrogen and oxygen atoms in total. The van der Waals surface area contributed by atoms with Gasteiger partial charge in [0.2, 0.25) is 0 Å². The van der Waals surface area contributed by atoms with Crippen LogP contribution in [0.4, 0.5) is 0 Å². The second-order valence-electron chi connectivity index (χ2n) is 9.10. The molecular formula is C19H28. The van der Waals surface area contributed by atoms with Gasteiger partial charge in [0.25, 0.3) is 0 Å². The molecule has 0 spiro atoms. The van der Waals surface area contributed by atoms with Crippen LogP contribution in [0.15, 0.2) is 0 Å². The lowest BCUT2D eigenvalue weighted by Crippen LogP contribution is -2.66. The third kappa shape index (κ3) is 1.06. The van der Waals surface area contributed by atoms with Crippen LogP contribution in [0, 0.1) is 59.2 Å². The molecule has 0 bridgehead atoms. The van der Waals surface area contributed by atoms with E-state index in [2.05, 4.69) is 0 Å². The van der Waals surface area contributed by atoms with E-state index in [-0.39, 0.29) is 0 Å². The fourth-order valence-corrected chi connectivity index (χ4v) is 8.56. The maximum atomic E-state index is 1.70. The van der Waals surface area contributed by atoms with Crippen molar-refractivity contribution in [3.8, 4) is 0 Å². The molecule has 0 aromatic rings. The Balaban J connectivity index is 1.28. The van der Waals surface area contributed by atoms with Gasteiger partial charge in [-0.2, -0.15) is 0 Å². The van der Waals surface area contributed by atoms with E-state index in [4.69, 9.17) is 0 Å². The molecule has 0 N–H and O–H groups in total. The molecule has 0 heteroatoms. The predicted molar refractivity (Wildman–Crippen MR) is 76.5 cm³/mol. The Morgan fingerprint density at radius 1 is 0.368 bits per heavy atom. The van der Waals surface area contributed by atoms with Crippen LogP contribution >= 0.6 is 0 Å². The summed E-state index contributed by atoms with van der Waals surface area (Å²) in [6.07, 6.45) is 14.4. The van der Waals surface area contributed by atoms with Crippen LogP contribution in [0.1, 0.15) is 57.8 Å². The van der Waals surface area contributed by atoms with Crippen molar-refractivity contribution in [3.63, 3.8) is 0 Å². The average Bonchev–Trinajstić information content (AvgIpc) is 2.58. The SMILES string of the molecule is C1CCCC2C(CC1)C1C3CC4C5CCC5C4C3C21. The third-order valence-corrected chi connectivity index (χ3v) is 9.15. The van der Waals surface area contributed by atoms with Crippen LogP contribution in [0.25, 0.3) is 0 Å². The second-order valence-corrected chi connectivity index (χ2v) is 9.10. The van der Waals surface area contributed by atoms with Crippen LogP contribution in [0.3, 0.4) is 0 Å². The van der Waals surface area contributed by atoms with Crippen LogP contribution in [-0.4, -0.2) is 0 Å². The monoisotopic (exact) mass is 256 g/mol. The van der Waals surface area contributed by atoms with Gasteiger partial charge in [-0.1, -0.05) is 25.7 Å². The molecular weight excluding hydrogens is 228 g/mol. The van der Waals surface area contributed by atoms with Crippen molar-refractivity contribution in [2.45, 2.75) is 57.8 Å². The summed E-state index contributed by atoms with van der Waals surface area (Å²) in [5.74, 6) is 12.4. The van der Waals surface area contributed by atoms with Gasteiger partial charge in [-0.15, -0.1) is 0 Å². The van der Waals surface area contributed by atoms with Gasteiger partial charge < -0.3 is 0 Å². The highest BCUT2D eigenvalue weighted by Crippen LogP contribution is 2.80. The largest absolute Gasteiger partial charge is 0.0533 e. The molecule has 0 aromatic carbocycles. The molecule has 6 fully saturated rings. The molecule has 10 atom stereocenters. The van der Waals surface area contributed by atoms with Crippen molar-refractivity contribution in [2.24, 2.45) is 59.2 Å². The van der Waals surface area contributed by atoms with Gasteiger partial charge in [0, 0.05) is 0 Å². The Kier molecular flexibility index (Phi) is 1.92. The van der Waals surface area contributed by atoms with E-state index in [9.17, 15) is 0 Å². The van der Waals surface area contributed by atoms with Crippen molar-refractivity contribution >= 4 is 0 Å². The Bertz CT molecular complexity index is 412. The molecule has 6 rings (SSSR count). The highest BCUT2D eigenvalue weighted by atomic mass is 14.8. The summed E-state index contributed by atoms with van der Waals surface area (Å²) >= 11 is 0. The van der Waals surface area contributed by atoms with E-state index in [0.717, 1.165) is 0 Å². The maximum absolute atomic E-state index is 1.70. The molecule has 6 aliphatic carbocycles.